The number of aromatic nitrogens is 1. The quantitative estimate of drug-likeness (QED) is 0.714. The Morgan fingerprint density at radius 2 is 2.07 bits per heavy atom. The maximum atomic E-state index is 11.8. The first-order valence-electron chi connectivity index (χ1n) is 3.73. The highest BCUT2D eigenvalue weighted by molar-refractivity contribution is 5.87. The van der Waals surface area contributed by atoms with Crippen LogP contribution in [0, 0.1) is 0 Å². The molecular weight excluding hydrogens is 215 g/mol. The highest BCUT2D eigenvalue weighted by Gasteiger charge is 2.32. The predicted molar refractivity (Wildman–Crippen MR) is 42.3 cm³/mol. The second-order valence-electron chi connectivity index (χ2n) is 2.40. The van der Waals surface area contributed by atoms with E-state index in [-0.39, 0.29) is 5.69 Å². The summed E-state index contributed by atoms with van der Waals surface area (Å²) in [5.74, 6) is -1.53. The van der Waals surface area contributed by atoms with Gasteiger partial charge in [0.2, 0.25) is 5.88 Å². The second-order valence-corrected chi connectivity index (χ2v) is 2.40. The number of ether oxygens (including phenoxy) is 2. The van der Waals surface area contributed by atoms with Crippen LogP contribution in [0.2, 0.25) is 0 Å². The average molecular weight is 221 g/mol. The lowest BCUT2D eigenvalue weighted by Crippen LogP contribution is -2.18. The number of methoxy groups -OCH3 is 1. The van der Waals surface area contributed by atoms with Gasteiger partial charge in [0.15, 0.2) is 5.69 Å². The van der Waals surface area contributed by atoms with Crippen molar-refractivity contribution in [2.45, 2.75) is 6.36 Å². The fourth-order valence-electron chi connectivity index (χ4n) is 0.808. The fourth-order valence-corrected chi connectivity index (χ4v) is 0.808. The summed E-state index contributed by atoms with van der Waals surface area (Å²) in [6, 6.07) is 3.41. The Kier molecular flexibility index (Phi) is 3.13. The fraction of sp³-hybridized carbons (Fsp3) is 0.250. The van der Waals surface area contributed by atoms with E-state index in [4.69, 9.17) is 0 Å². The van der Waals surface area contributed by atoms with Gasteiger partial charge >= 0.3 is 12.3 Å². The van der Waals surface area contributed by atoms with Gasteiger partial charge in [-0.3, -0.25) is 0 Å². The standard InChI is InChI=1S/C8H6F3NO3/c1-14-7(13)5-3-2-4-6(12-5)15-8(9,10)11/h2-4H,1H3. The van der Waals surface area contributed by atoms with E-state index in [0.717, 1.165) is 13.2 Å². The Bertz CT molecular complexity index is 364. The number of carbonyl (C=O) groups excluding carboxylic acids is 1. The van der Waals surface area contributed by atoms with E-state index in [1.807, 2.05) is 0 Å². The minimum absolute atomic E-state index is 0.251. The van der Waals surface area contributed by atoms with Crippen LogP contribution in [-0.2, 0) is 4.74 Å². The molecule has 0 aliphatic heterocycles. The minimum Gasteiger partial charge on any atom is -0.464 e. The third kappa shape index (κ3) is 3.45. The third-order valence-corrected chi connectivity index (χ3v) is 1.34. The van der Waals surface area contributed by atoms with Crippen LogP contribution < -0.4 is 4.74 Å². The van der Waals surface area contributed by atoms with Crippen LogP contribution in [0.4, 0.5) is 13.2 Å². The van der Waals surface area contributed by atoms with Gasteiger partial charge in [-0.05, 0) is 6.07 Å². The number of hydrogen-bond acceptors (Lipinski definition) is 4. The molecule has 1 aromatic rings. The summed E-state index contributed by atoms with van der Waals surface area (Å²) in [6.07, 6.45) is -4.83. The Labute approximate surface area is 82.6 Å². The first-order chi connectivity index (χ1) is 6.92. The summed E-state index contributed by atoms with van der Waals surface area (Å²) in [5, 5.41) is 0. The topological polar surface area (TPSA) is 48.4 Å². The van der Waals surface area contributed by atoms with Gasteiger partial charge < -0.3 is 9.47 Å². The Balaban J connectivity index is 2.88. The van der Waals surface area contributed by atoms with Crippen LogP contribution in [0.5, 0.6) is 5.88 Å². The molecule has 0 aromatic carbocycles. The van der Waals surface area contributed by atoms with Crippen molar-refractivity contribution in [3.05, 3.63) is 23.9 Å². The number of halogens is 3. The number of alkyl halides is 3. The molecule has 0 bridgehead atoms. The zero-order valence-electron chi connectivity index (χ0n) is 7.54. The summed E-state index contributed by atoms with van der Waals surface area (Å²) in [5.41, 5.74) is -0.251. The van der Waals surface area contributed by atoms with E-state index in [0.29, 0.717) is 0 Å². The molecule has 0 atom stereocenters. The predicted octanol–water partition coefficient (Wildman–Crippen LogP) is 1.77. The zero-order chi connectivity index (χ0) is 11.5. The van der Waals surface area contributed by atoms with E-state index >= 15 is 0 Å². The van der Waals surface area contributed by atoms with E-state index in [1.54, 1.807) is 0 Å². The summed E-state index contributed by atoms with van der Waals surface area (Å²) < 4.78 is 43.1. The van der Waals surface area contributed by atoms with Gasteiger partial charge in [0.05, 0.1) is 7.11 Å². The molecule has 0 fully saturated rings. The number of rotatable bonds is 2. The Morgan fingerprint density at radius 3 is 2.60 bits per heavy atom. The average Bonchev–Trinajstić information content (AvgIpc) is 2.14. The number of carbonyl (C=O) groups is 1. The van der Waals surface area contributed by atoms with Crippen molar-refractivity contribution in [1.82, 2.24) is 4.98 Å². The molecule has 7 heteroatoms. The number of pyridine rings is 1. The van der Waals surface area contributed by atoms with E-state index in [9.17, 15) is 18.0 Å². The van der Waals surface area contributed by atoms with Crippen LogP contribution in [0.1, 0.15) is 10.5 Å². The monoisotopic (exact) mass is 221 g/mol. The molecule has 0 radical (unpaired) electrons. The molecule has 4 nitrogen and oxygen atoms in total. The lowest BCUT2D eigenvalue weighted by molar-refractivity contribution is -0.276. The van der Waals surface area contributed by atoms with E-state index < -0.39 is 18.2 Å². The highest BCUT2D eigenvalue weighted by Crippen LogP contribution is 2.20. The third-order valence-electron chi connectivity index (χ3n) is 1.34. The van der Waals surface area contributed by atoms with Crippen molar-refractivity contribution in [2.24, 2.45) is 0 Å². The van der Waals surface area contributed by atoms with Crippen molar-refractivity contribution in [3.63, 3.8) is 0 Å². The van der Waals surface area contributed by atoms with Crippen molar-refractivity contribution in [2.75, 3.05) is 7.11 Å². The molecule has 1 aromatic heterocycles. The number of nitrogens with zero attached hydrogens (tertiary/aromatic N) is 1. The van der Waals surface area contributed by atoms with Gasteiger partial charge in [0.25, 0.3) is 0 Å². The Morgan fingerprint density at radius 1 is 1.40 bits per heavy atom. The molecule has 1 heterocycles. The molecule has 0 N–H and O–H groups in total. The summed E-state index contributed by atoms with van der Waals surface area (Å²) in [6.45, 7) is 0. The first-order valence-corrected chi connectivity index (χ1v) is 3.73. The summed E-state index contributed by atoms with van der Waals surface area (Å²) in [7, 11) is 1.10. The molecule has 0 aliphatic carbocycles. The van der Waals surface area contributed by atoms with Crippen LogP contribution in [0.25, 0.3) is 0 Å². The molecule has 0 unspecified atom stereocenters. The van der Waals surface area contributed by atoms with Crippen LogP contribution in [0.15, 0.2) is 18.2 Å². The van der Waals surface area contributed by atoms with Crippen LogP contribution in [-0.4, -0.2) is 24.4 Å². The molecule has 0 saturated carbocycles. The van der Waals surface area contributed by atoms with Gasteiger partial charge in [-0.25, -0.2) is 9.78 Å². The molecule has 82 valence electrons. The van der Waals surface area contributed by atoms with Crippen molar-refractivity contribution >= 4 is 5.97 Å². The van der Waals surface area contributed by atoms with Gasteiger partial charge in [-0.15, -0.1) is 13.2 Å². The Hall–Kier alpha value is -1.79. The van der Waals surface area contributed by atoms with Gasteiger partial charge in [-0.1, -0.05) is 6.07 Å². The maximum Gasteiger partial charge on any atom is 0.574 e. The molecule has 0 aliphatic rings. The van der Waals surface area contributed by atoms with Gasteiger partial charge in [-0.2, -0.15) is 0 Å². The number of esters is 1. The molecular formula is C8H6F3NO3. The van der Waals surface area contributed by atoms with Crippen molar-refractivity contribution < 1.29 is 27.4 Å². The molecule has 0 saturated heterocycles. The second kappa shape index (κ2) is 4.16. The van der Waals surface area contributed by atoms with Crippen LogP contribution >= 0.6 is 0 Å². The molecule has 15 heavy (non-hydrogen) atoms. The largest absolute Gasteiger partial charge is 0.574 e. The lowest BCUT2D eigenvalue weighted by atomic mass is 10.3. The van der Waals surface area contributed by atoms with E-state index in [1.165, 1.54) is 12.1 Å². The maximum absolute atomic E-state index is 11.8. The lowest BCUT2D eigenvalue weighted by Gasteiger charge is -2.07. The SMILES string of the molecule is COC(=O)c1cccc(OC(F)(F)F)n1. The van der Waals surface area contributed by atoms with E-state index in [2.05, 4.69) is 14.5 Å². The molecule has 0 amide bonds. The minimum atomic E-state index is -4.83. The van der Waals surface area contributed by atoms with Crippen molar-refractivity contribution in [1.29, 1.82) is 0 Å². The number of hydrogen-bond donors (Lipinski definition) is 0. The molecule has 1 rings (SSSR count). The highest BCUT2D eigenvalue weighted by atomic mass is 19.4. The van der Waals surface area contributed by atoms with Crippen molar-refractivity contribution in [3.8, 4) is 5.88 Å². The summed E-state index contributed by atoms with van der Waals surface area (Å²) >= 11 is 0. The van der Waals surface area contributed by atoms with Gasteiger partial charge in [0.1, 0.15) is 0 Å². The smallest absolute Gasteiger partial charge is 0.464 e. The zero-order valence-corrected chi connectivity index (χ0v) is 7.54. The first kappa shape index (κ1) is 11.3. The van der Waals surface area contributed by atoms with Gasteiger partial charge in [0, 0.05) is 6.07 Å². The molecule has 0 spiro atoms. The summed E-state index contributed by atoms with van der Waals surface area (Å²) in [4.78, 5) is 14.2. The normalized spacial score (nSPS) is 10.9. The van der Waals surface area contributed by atoms with Crippen LogP contribution in [0.3, 0.4) is 0 Å².